The van der Waals surface area contributed by atoms with Crippen LogP contribution in [0.1, 0.15) is 49.4 Å². The first kappa shape index (κ1) is 28.3. The van der Waals surface area contributed by atoms with Crippen LogP contribution in [0.4, 0.5) is 4.39 Å². The number of methoxy groups -OCH3 is 2. The van der Waals surface area contributed by atoms with Crippen molar-refractivity contribution in [3.05, 3.63) is 92.7 Å². The van der Waals surface area contributed by atoms with Crippen LogP contribution in [0.5, 0.6) is 11.5 Å². The second-order valence-electron chi connectivity index (χ2n) is 9.65. The second kappa shape index (κ2) is 12.0. The molecule has 7 nitrogen and oxygen atoms in total. The van der Waals surface area contributed by atoms with Crippen molar-refractivity contribution in [2.75, 3.05) is 20.8 Å². The summed E-state index contributed by atoms with van der Waals surface area (Å²) in [4.78, 5) is 34.4. The number of benzene rings is 3. The van der Waals surface area contributed by atoms with Crippen LogP contribution in [0.2, 0.25) is 0 Å². The maximum Gasteiger partial charge on any atom is 0.266 e. The standard InChI is InChI=1S/C30H31BrFN3O4/c1-18(2)14-15-34(29(36)20-10-12-21(32)13-11-20)19(3)28-33-24-9-7-6-8-23(24)30(37)35(28)25-16-22(38-4)17-26(39-5)27(25)31/h6-13,16-19H,14-15H2,1-5H3. The number of amides is 1. The number of fused-ring (bicyclic) bond motifs is 1. The Morgan fingerprint density at radius 2 is 1.74 bits per heavy atom. The van der Waals surface area contributed by atoms with E-state index in [2.05, 4.69) is 29.8 Å². The number of hydrogen-bond donors (Lipinski definition) is 0. The Morgan fingerprint density at radius 3 is 2.38 bits per heavy atom. The Kier molecular flexibility index (Phi) is 8.70. The van der Waals surface area contributed by atoms with Gasteiger partial charge in [-0.25, -0.2) is 9.37 Å². The molecule has 1 amide bonds. The smallest absolute Gasteiger partial charge is 0.266 e. The van der Waals surface area contributed by atoms with Crippen molar-refractivity contribution < 1.29 is 18.7 Å². The summed E-state index contributed by atoms with van der Waals surface area (Å²) in [6.07, 6.45) is 0.728. The fourth-order valence-corrected chi connectivity index (χ4v) is 4.98. The number of hydrogen-bond acceptors (Lipinski definition) is 5. The first-order valence-corrected chi connectivity index (χ1v) is 13.5. The highest BCUT2D eigenvalue weighted by Gasteiger charge is 2.29. The van der Waals surface area contributed by atoms with E-state index in [1.54, 1.807) is 35.2 Å². The zero-order chi connectivity index (χ0) is 28.3. The summed E-state index contributed by atoms with van der Waals surface area (Å²) in [6, 6.07) is 15.4. The zero-order valence-electron chi connectivity index (χ0n) is 22.6. The fourth-order valence-electron chi connectivity index (χ4n) is 4.42. The lowest BCUT2D eigenvalue weighted by molar-refractivity contribution is 0.0671. The van der Waals surface area contributed by atoms with E-state index in [1.165, 1.54) is 43.1 Å². The van der Waals surface area contributed by atoms with Gasteiger partial charge in [0.25, 0.3) is 11.5 Å². The van der Waals surface area contributed by atoms with Crippen LogP contribution in [0.25, 0.3) is 16.6 Å². The van der Waals surface area contributed by atoms with Crippen molar-refractivity contribution in [3.8, 4) is 17.2 Å². The molecule has 0 radical (unpaired) electrons. The van der Waals surface area contributed by atoms with Gasteiger partial charge in [-0.1, -0.05) is 26.0 Å². The third-order valence-corrected chi connectivity index (χ3v) is 7.43. The Labute approximate surface area is 235 Å². The first-order chi connectivity index (χ1) is 18.7. The minimum Gasteiger partial charge on any atom is -0.497 e. The van der Waals surface area contributed by atoms with Crippen molar-refractivity contribution in [2.24, 2.45) is 5.92 Å². The highest BCUT2D eigenvalue weighted by molar-refractivity contribution is 9.10. The third kappa shape index (κ3) is 5.83. The molecule has 3 aromatic carbocycles. The molecule has 0 saturated carbocycles. The summed E-state index contributed by atoms with van der Waals surface area (Å²) in [6.45, 7) is 6.42. The number of para-hydroxylation sites is 1. The molecule has 0 fully saturated rings. The lowest BCUT2D eigenvalue weighted by Crippen LogP contribution is -2.38. The van der Waals surface area contributed by atoms with Gasteiger partial charge in [0.1, 0.15) is 23.1 Å². The number of aromatic nitrogens is 2. The van der Waals surface area contributed by atoms with Gasteiger partial charge in [-0.3, -0.25) is 14.2 Å². The van der Waals surface area contributed by atoms with Crippen LogP contribution in [0, 0.1) is 11.7 Å². The van der Waals surface area contributed by atoms with Crippen molar-refractivity contribution >= 4 is 32.7 Å². The predicted octanol–water partition coefficient (Wildman–Crippen LogP) is 6.55. The molecule has 0 spiro atoms. The van der Waals surface area contributed by atoms with E-state index in [1.807, 2.05) is 13.0 Å². The van der Waals surface area contributed by atoms with Crippen LogP contribution in [0.15, 0.2) is 69.9 Å². The Morgan fingerprint density at radius 1 is 1.05 bits per heavy atom. The molecule has 0 saturated heterocycles. The lowest BCUT2D eigenvalue weighted by atomic mass is 10.1. The van der Waals surface area contributed by atoms with Crippen LogP contribution in [-0.4, -0.2) is 41.1 Å². The molecule has 1 heterocycles. The largest absolute Gasteiger partial charge is 0.497 e. The molecule has 39 heavy (non-hydrogen) atoms. The topological polar surface area (TPSA) is 73.7 Å². The normalized spacial score (nSPS) is 12.0. The van der Waals surface area contributed by atoms with E-state index in [0.717, 1.165) is 6.42 Å². The van der Waals surface area contributed by atoms with Crippen LogP contribution in [0.3, 0.4) is 0 Å². The summed E-state index contributed by atoms with van der Waals surface area (Å²) in [5.41, 5.74) is 1.04. The van der Waals surface area contributed by atoms with Gasteiger partial charge in [0.2, 0.25) is 0 Å². The number of carbonyl (C=O) groups excluding carboxylic acids is 1. The highest BCUT2D eigenvalue weighted by Crippen LogP contribution is 2.37. The number of carbonyl (C=O) groups is 1. The summed E-state index contributed by atoms with van der Waals surface area (Å²) < 4.78 is 26.7. The monoisotopic (exact) mass is 595 g/mol. The minimum absolute atomic E-state index is 0.278. The molecule has 1 atom stereocenters. The molecule has 0 bridgehead atoms. The maximum atomic E-state index is 14.0. The number of rotatable bonds is 9. The predicted molar refractivity (Wildman–Crippen MR) is 153 cm³/mol. The van der Waals surface area contributed by atoms with Gasteiger partial charge in [-0.15, -0.1) is 0 Å². The summed E-state index contributed by atoms with van der Waals surface area (Å²) in [5, 5.41) is 0.431. The molecular formula is C30H31BrFN3O4. The van der Waals surface area contributed by atoms with Gasteiger partial charge in [0.15, 0.2) is 0 Å². The summed E-state index contributed by atoms with van der Waals surface area (Å²) >= 11 is 3.60. The van der Waals surface area contributed by atoms with Crippen molar-refractivity contribution in [3.63, 3.8) is 0 Å². The SMILES string of the molecule is COc1cc(OC)c(Br)c(-n2c(C(C)N(CCC(C)C)C(=O)c3ccc(F)cc3)nc3ccccc3c2=O)c1. The molecular weight excluding hydrogens is 565 g/mol. The number of ether oxygens (including phenoxy) is 2. The van der Waals surface area contributed by atoms with E-state index < -0.39 is 11.9 Å². The van der Waals surface area contributed by atoms with Gasteiger partial charge in [-0.05, 0) is 71.6 Å². The van der Waals surface area contributed by atoms with E-state index in [4.69, 9.17) is 14.5 Å². The Balaban J connectivity index is 1.97. The lowest BCUT2D eigenvalue weighted by Gasteiger charge is -2.31. The van der Waals surface area contributed by atoms with Gasteiger partial charge in [-0.2, -0.15) is 0 Å². The van der Waals surface area contributed by atoms with Gasteiger partial charge >= 0.3 is 0 Å². The quantitative estimate of drug-likeness (QED) is 0.219. The van der Waals surface area contributed by atoms with E-state index >= 15 is 0 Å². The molecule has 9 heteroatoms. The minimum atomic E-state index is -0.622. The van der Waals surface area contributed by atoms with Crippen molar-refractivity contribution in [1.29, 1.82) is 0 Å². The highest BCUT2D eigenvalue weighted by atomic mass is 79.9. The molecule has 1 unspecified atom stereocenters. The van der Waals surface area contributed by atoms with Crippen molar-refractivity contribution in [1.82, 2.24) is 14.5 Å². The molecule has 0 aliphatic rings. The molecule has 0 N–H and O–H groups in total. The molecule has 0 aliphatic heterocycles. The maximum absolute atomic E-state index is 14.0. The Bertz CT molecular complexity index is 1550. The van der Waals surface area contributed by atoms with Gasteiger partial charge in [0, 0.05) is 24.2 Å². The summed E-state index contributed by atoms with van der Waals surface area (Å²) in [7, 11) is 3.07. The van der Waals surface area contributed by atoms with Crippen LogP contribution < -0.4 is 15.0 Å². The van der Waals surface area contributed by atoms with Gasteiger partial charge in [0.05, 0.1) is 41.3 Å². The third-order valence-electron chi connectivity index (χ3n) is 6.63. The van der Waals surface area contributed by atoms with Crippen LogP contribution >= 0.6 is 15.9 Å². The number of halogens is 2. The second-order valence-corrected chi connectivity index (χ2v) is 10.4. The zero-order valence-corrected chi connectivity index (χ0v) is 24.2. The molecule has 4 aromatic rings. The van der Waals surface area contributed by atoms with E-state index in [9.17, 15) is 14.0 Å². The summed E-state index contributed by atoms with van der Waals surface area (Å²) in [5.74, 6) is 0.956. The fraction of sp³-hybridized carbons (Fsp3) is 0.300. The number of nitrogens with zero attached hydrogens (tertiary/aromatic N) is 3. The van der Waals surface area contributed by atoms with Crippen LogP contribution in [-0.2, 0) is 0 Å². The Hall–Kier alpha value is -3.72. The first-order valence-electron chi connectivity index (χ1n) is 12.7. The molecule has 4 rings (SSSR count). The average Bonchev–Trinajstić information content (AvgIpc) is 2.93. The van der Waals surface area contributed by atoms with E-state index in [-0.39, 0.29) is 11.5 Å². The molecule has 204 valence electrons. The molecule has 0 aliphatic carbocycles. The molecule has 1 aromatic heterocycles. The van der Waals surface area contributed by atoms with E-state index in [0.29, 0.717) is 56.4 Å². The van der Waals surface area contributed by atoms with Crippen molar-refractivity contribution in [2.45, 2.75) is 33.2 Å². The average molecular weight is 596 g/mol. The van der Waals surface area contributed by atoms with Gasteiger partial charge < -0.3 is 14.4 Å².